The first kappa shape index (κ1) is 22.4. The van der Waals surface area contributed by atoms with Crippen LogP contribution in [0.5, 0.6) is 17.2 Å². The molecular formula is C25H30N2O4S. The minimum atomic E-state index is 0.184. The van der Waals surface area contributed by atoms with Gasteiger partial charge in [0.1, 0.15) is 0 Å². The zero-order chi connectivity index (χ0) is 22.7. The molecule has 2 aromatic carbocycles. The zero-order valence-corrected chi connectivity index (χ0v) is 20.1. The number of rotatable bonds is 7. The summed E-state index contributed by atoms with van der Waals surface area (Å²) < 4.78 is 24.9. The third kappa shape index (κ3) is 4.69. The summed E-state index contributed by atoms with van der Waals surface area (Å²) in [5.74, 6) is 1.84. The van der Waals surface area contributed by atoms with E-state index >= 15 is 0 Å². The second-order valence-corrected chi connectivity index (χ2v) is 8.86. The Balaban J connectivity index is 1.86. The van der Waals surface area contributed by atoms with Crippen molar-refractivity contribution in [2.75, 3.05) is 27.9 Å². The molecule has 3 aromatic rings. The number of benzene rings is 2. The van der Waals surface area contributed by atoms with Gasteiger partial charge >= 0.3 is 0 Å². The Kier molecular flexibility index (Phi) is 6.86. The molecule has 0 saturated carbocycles. The number of aryl methyl sites for hydroxylation is 2. The van der Waals surface area contributed by atoms with Gasteiger partial charge in [0.15, 0.2) is 16.3 Å². The first-order valence-electron chi connectivity index (χ1n) is 10.8. The second-order valence-electron chi connectivity index (χ2n) is 8.02. The Morgan fingerprint density at radius 3 is 2.25 bits per heavy atom. The molecule has 7 heteroatoms. The van der Waals surface area contributed by atoms with Crippen LogP contribution >= 0.6 is 11.3 Å². The molecule has 0 aliphatic carbocycles. The molecule has 0 N–H and O–H groups in total. The fourth-order valence-corrected chi connectivity index (χ4v) is 5.11. The Hall–Kier alpha value is -2.77. The van der Waals surface area contributed by atoms with Gasteiger partial charge in [-0.25, -0.2) is 4.99 Å². The van der Waals surface area contributed by atoms with Crippen molar-refractivity contribution in [2.24, 2.45) is 4.99 Å². The highest BCUT2D eigenvalue weighted by Crippen LogP contribution is 2.41. The van der Waals surface area contributed by atoms with Crippen LogP contribution in [0.2, 0.25) is 0 Å². The van der Waals surface area contributed by atoms with Crippen LogP contribution < -0.4 is 19.0 Å². The standard InChI is InChI=1S/C25H30N2O4S/c1-16-9-17(2)11-19(10-16)26-25-27(14-20-7-6-8-31-20)21(15-32-25)18-12-22(28-3)24(30-5)23(13-18)29-4/h9-13,15,20H,6-8,14H2,1-5H3. The zero-order valence-electron chi connectivity index (χ0n) is 19.3. The quantitative estimate of drug-likeness (QED) is 0.488. The van der Waals surface area contributed by atoms with Gasteiger partial charge in [-0.3, -0.25) is 0 Å². The Morgan fingerprint density at radius 2 is 1.69 bits per heavy atom. The molecule has 1 atom stereocenters. The molecule has 1 aliphatic rings. The van der Waals surface area contributed by atoms with Crippen LogP contribution in [-0.2, 0) is 11.3 Å². The number of hydrogen-bond donors (Lipinski definition) is 0. The van der Waals surface area contributed by atoms with Gasteiger partial charge in [0, 0.05) is 17.6 Å². The van der Waals surface area contributed by atoms with Gasteiger partial charge in [0.2, 0.25) is 5.75 Å². The van der Waals surface area contributed by atoms with E-state index in [4.69, 9.17) is 23.9 Å². The maximum Gasteiger partial charge on any atom is 0.203 e. The van der Waals surface area contributed by atoms with Crippen molar-refractivity contribution in [1.29, 1.82) is 0 Å². The van der Waals surface area contributed by atoms with Crippen molar-refractivity contribution in [1.82, 2.24) is 4.57 Å². The number of nitrogens with zero attached hydrogens (tertiary/aromatic N) is 2. The Bertz CT molecular complexity index is 1110. The molecule has 170 valence electrons. The van der Waals surface area contributed by atoms with E-state index in [9.17, 15) is 0 Å². The van der Waals surface area contributed by atoms with Crippen molar-refractivity contribution < 1.29 is 18.9 Å². The molecular weight excluding hydrogens is 424 g/mol. The maximum absolute atomic E-state index is 5.96. The molecule has 6 nitrogen and oxygen atoms in total. The number of ether oxygens (including phenoxy) is 4. The van der Waals surface area contributed by atoms with E-state index in [-0.39, 0.29) is 6.10 Å². The van der Waals surface area contributed by atoms with Crippen molar-refractivity contribution in [3.05, 3.63) is 51.6 Å². The van der Waals surface area contributed by atoms with E-state index < -0.39 is 0 Å². The number of thiazole rings is 1. The SMILES string of the molecule is COc1cc(-c2csc(=Nc3cc(C)cc(C)c3)n2CC2CCCO2)cc(OC)c1OC. The molecule has 1 unspecified atom stereocenters. The van der Waals surface area contributed by atoms with Gasteiger partial charge in [-0.05, 0) is 62.1 Å². The lowest BCUT2D eigenvalue weighted by molar-refractivity contribution is 0.0968. The van der Waals surface area contributed by atoms with Crippen LogP contribution in [0.15, 0.2) is 40.7 Å². The molecule has 1 aromatic heterocycles. The van der Waals surface area contributed by atoms with Gasteiger partial charge in [-0.2, -0.15) is 0 Å². The summed E-state index contributed by atoms with van der Waals surface area (Å²) in [4.78, 5) is 5.95. The first-order valence-corrected chi connectivity index (χ1v) is 11.6. The highest BCUT2D eigenvalue weighted by Gasteiger charge is 2.21. The second kappa shape index (κ2) is 9.79. The van der Waals surface area contributed by atoms with Crippen LogP contribution in [0.4, 0.5) is 5.69 Å². The molecule has 2 heterocycles. The van der Waals surface area contributed by atoms with Gasteiger partial charge < -0.3 is 23.5 Å². The molecule has 0 spiro atoms. The van der Waals surface area contributed by atoms with E-state index in [1.807, 2.05) is 12.1 Å². The Labute approximate surface area is 193 Å². The van der Waals surface area contributed by atoms with Gasteiger partial charge in [0.05, 0.1) is 45.4 Å². The minimum Gasteiger partial charge on any atom is -0.493 e. The Morgan fingerprint density at radius 1 is 1.00 bits per heavy atom. The highest BCUT2D eigenvalue weighted by molar-refractivity contribution is 7.07. The third-order valence-electron chi connectivity index (χ3n) is 5.60. The van der Waals surface area contributed by atoms with Crippen LogP contribution in [0.25, 0.3) is 11.3 Å². The van der Waals surface area contributed by atoms with Crippen LogP contribution in [0.1, 0.15) is 24.0 Å². The summed E-state index contributed by atoms with van der Waals surface area (Å²) in [7, 11) is 4.88. The van der Waals surface area contributed by atoms with Crippen LogP contribution in [-0.4, -0.2) is 38.6 Å². The van der Waals surface area contributed by atoms with Crippen molar-refractivity contribution >= 4 is 17.0 Å². The molecule has 1 saturated heterocycles. The first-order chi connectivity index (χ1) is 15.5. The number of hydrogen-bond acceptors (Lipinski definition) is 6. The van der Waals surface area contributed by atoms with Gasteiger partial charge in [-0.1, -0.05) is 6.07 Å². The minimum absolute atomic E-state index is 0.184. The number of methoxy groups -OCH3 is 3. The summed E-state index contributed by atoms with van der Waals surface area (Å²) in [5, 5.41) is 2.14. The molecule has 1 aliphatic heterocycles. The van der Waals surface area contributed by atoms with Gasteiger partial charge in [-0.15, -0.1) is 11.3 Å². The molecule has 1 fully saturated rings. The highest BCUT2D eigenvalue weighted by atomic mass is 32.1. The summed E-state index contributed by atoms with van der Waals surface area (Å²) in [6, 6.07) is 10.4. The summed E-state index contributed by atoms with van der Waals surface area (Å²) in [6.45, 7) is 5.77. The van der Waals surface area contributed by atoms with E-state index in [2.05, 4.69) is 42.0 Å². The topological polar surface area (TPSA) is 54.2 Å². The number of aromatic nitrogens is 1. The fourth-order valence-electron chi connectivity index (χ4n) is 4.17. The lowest BCUT2D eigenvalue weighted by Gasteiger charge is -2.17. The van der Waals surface area contributed by atoms with E-state index in [0.717, 1.165) is 47.7 Å². The third-order valence-corrected chi connectivity index (χ3v) is 6.46. The smallest absolute Gasteiger partial charge is 0.203 e. The monoisotopic (exact) mass is 454 g/mol. The van der Waals surface area contributed by atoms with E-state index in [1.54, 1.807) is 32.7 Å². The summed E-state index contributed by atoms with van der Waals surface area (Å²) in [6.07, 6.45) is 2.34. The molecule has 0 radical (unpaired) electrons. The summed E-state index contributed by atoms with van der Waals surface area (Å²) >= 11 is 1.63. The van der Waals surface area contributed by atoms with Crippen molar-refractivity contribution in [3.8, 4) is 28.5 Å². The predicted octanol–water partition coefficient (Wildman–Crippen LogP) is 5.27. The largest absolute Gasteiger partial charge is 0.493 e. The van der Waals surface area contributed by atoms with E-state index in [0.29, 0.717) is 17.2 Å². The maximum atomic E-state index is 5.96. The lowest BCUT2D eigenvalue weighted by atomic mass is 10.1. The lowest BCUT2D eigenvalue weighted by Crippen LogP contribution is -2.24. The average Bonchev–Trinajstić information content (AvgIpc) is 3.42. The van der Waals surface area contributed by atoms with Crippen LogP contribution in [0.3, 0.4) is 0 Å². The molecule has 4 rings (SSSR count). The van der Waals surface area contributed by atoms with E-state index in [1.165, 1.54) is 11.1 Å². The molecule has 0 bridgehead atoms. The normalized spacial score (nSPS) is 16.4. The van der Waals surface area contributed by atoms with Gasteiger partial charge in [0.25, 0.3) is 0 Å². The van der Waals surface area contributed by atoms with Crippen molar-refractivity contribution in [3.63, 3.8) is 0 Å². The van der Waals surface area contributed by atoms with Crippen LogP contribution in [0, 0.1) is 13.8 Å². The average molecular weight is 455 g/mol. The molecule has 0 amide bonds. The summed E-state index contributed by atoms with van der Waals surface area (Å²) in [5.41, 5.74) is 5.40. The predicted molar refractivity (Wildman–Crippen MR) is 128 cm³/mol. The molecule has 32 heavy (non-hydrogen) atoms. The fraction of sp³-hybridized carbons (Fsp3) is 0.400. The van der Waals surface area contributed by atoms with Crippen molar-refractivity contribution in [2.45, 2.75) is 39.3 Å².